The van der Waals surface area contributed by atoms with Crippen LogP contribution in [0.4, 0.5) is 0 Å². The third kappa shape index (κ3) is 2.56. The predicted octanol–water partition coefficient (Wildman–Crippen LogP) is 1.25. The zero-order valence-electron chi connectivity index (χ0n) is 6.52. The van der Waals surface area contributed by atoms with Gasteiger partial charge in [0.05, 0.1) is 0 Å². The summed E-state index contributed by atoms with van der Waals surface area (Å²) in [6.45, 7) is 8.46. The first kappa shape index (κ1) is 10.4. The summed E-state index contributed by atoms with van der Waals surface area (Å²) in [6.07, 6.45) is 0. The van der Waals surface area contributed by atoms with Gasteiger partial charge in [0, 0.05) is 9.62 Å². The molecule has 0 aliphatic carbocycles. The van der Waals surface area contributed by atoms with E-state index in [9.17, 15) is 0 Å². The average molecular weight is 254 g/mol. The minimum absolute atomic E-state index is 0.00176. The molecular formula is C7H15IN2. The third-order valence-electron chi connectivity index (χ3n) is 1.71. The van der Waals surface area contributed by atoms with Gasteiger partial charge in [-0.2, -0.15) is 0 Å². The van der Waals surface area contributed by atoms with Crippen molar-refractivity contribution in [1.29, 1.82) is 0 Å². The monoisotopic (exact) mass is 254 g/mol. The number of hydrogen-bond acceptors (Lipinski definition) is 2. The van der Waals surface area contributed by atoms with Crippen LogP contribution in [-0.2, 0) is 0 Å². The Hall–Kier alpha value is 0.390. The van der Waals surface area contributed by atoms with Crippen molar-refractivity contribution < 1.29 is 0 Å². The van der Waals surface area contributed by atoms with Gasteiger partial charge in [-0.3, -0.25) is 0 Å². The van der Waals surface area contributed by atoms with Gasteiger partial charge in [-0.1, -0.05) is 20.4 Å². The molecule has 0 aromatic heterocycles. The van der Waals surface area contributed by atoms with Crippen molar-refractivity contribution in [1.82, 2.24) is 0 Å². The normalized spacial score (nSPS) is 14.9. The standard InChI is InChI=1S/C7H15IN2/c1-5(8)6(10)7(2,3)4-9/h6H,1,4,9-10H2,2-3H3. The van der Waals surface area contributed by atoms with Crippen LogP contribution in [0.3, 0.4) is 0 Å². The van der Waals surface area contributed by atoms with Gasteiger partial charge < -0.3 is 11.5 Å². The molecule has 0 aromatic rings. The molecule has 60 valence electrons. The Labute approximate surface area is 76.2 Å². The number of rotatable bonds is 3. The van der Waals surface area contributed by atoms with Crippen molar-refractivity contribution in [3.05, 3.63) is 10.2 Å². The van der Waals surface area contributed by atoms with Crippen molar-refractivity contribution in [3.8, 4) is 0 Å². The van der Waals surface area contributed by atoms with Crippen LogP contribution >= 0.6 is 22.6 Å². The first-order valence-corrected chi connectivity index (χ1v) is 4.29. The topological polar surface area (TPSA) is 52.0 Å². The summed E-state index contributed by atoms with van der Waals surface area (Å²) < 4.78 is 0.966. The predicted molar refractivity (Wildman–Crippen MR) is 54.0 cm³/mol. The van der Waals surface area contributed by atoms with E-state index in [2.05, 4.69) is 29.2 Å². The van der Waals surface area contributed by atoms with Gasteiger partial charge in [0.25, 0.3) is 0 Å². The number of halogens is 1. The Kier molecular flexibility index (Phi) is 3.83. The lowest BCUT2D eigenvalue weighted by Gasteiger charge is -2.29. The SMILES string of the molecule is C=C(I)C(N)C(C)(C)CN. The van der Waals surface area contributed by atoms with Gasteiger partial charge in [0.2, 0.25) is 0 Å². The smallest absolute Gasteiger partial charge is 0.0411 e. The lowest BCUT2D eigenvalue weighted by atomic mass is 9.85. The second-order valence-corrected chi connectivity index (χ2v) is 4.50. The fourth-order valence-electron chi connectivity index (χ4n) is 0.551. The lowest BCUT2D eigenvalue weighted by molar-refractivity contribution is 0.336. The highest BCUT2D eigenvalue weighted by Gasteiger charge is 2.25. The van der Waals surface area contributed by atoms with Crippen LogP contribution in [-0.4, -0.2) is 12.6 Å². The van der Waals surface area contributed by atoms with Gasteiger partial charge in [0.1, 0.15) is 0 Å². The summed E-state index contributed by atoms with van der Waals surface area (Å²) in [5, 5.41) is 0. The van der Waals surface area contributed by atoms with Crippen molar-refractivity contribution in [3.63, 3.8) is 0 Å². The molecule has 0 fully saturated rings. The van der Waals surface area contributed by atoms with E-state index in [-0.39, 0.29) is 11.5 Å². The van der Waals surface area contributed by atoms with Crippen LogP contribution in [0.5, 0.6) is 0 Å². The van der Waals surface area contributed by atoms with Crippen LogP contribution in [0.25, 0.3) is 0 Å². The van der Waals surface area contributed by atoms with Crippen LogP contribution in [0, 0.1) is 5.41 Å². The number of hydrogen-bond donors (Lipinski definition) is 2. The Morgan fingerprint density at radius 1 is 1.70 bits per heavy atom. The molecule has 0 aliphatic heterocycles. The van der Waals surface area contributed by atoms with Gasteiger partial charge in [-0.05, 0) is 34.6 Å². The van der Waals surface area contributed by atoms with Crippen LogP contribution in [0.1, 0.15) is 13.8 Å². The fourth-order valence-corrected chi connectivity index (χ4v) is 1.39. The van der Waals surface area contributed by atoms with E-state index < -0.39 is 0 Å². The first-order chi connectivity index (χ1) is 4.41. The third-order valence-corrected chi connectivity index (χ3v) is 2.38. The molecule has 0 aliphatic rings. The van der Waals surface area contributed by atoms with E-state index in [0.29, 0.717) is 6.54 Å². The highest BCUT2D eigenvalue weighted by atomic mass is 127. The molecule has 0 spiro atoms. The van der Waals surface area contributed by atoms with Crippen molar-refractivity contribution in [2.24, 2.45) is 16.9 Å². The summed E-state index contributed by atoms with van der Waals surface area (Å²) in [5.74, 6) is 0. The van der Waals surface area contributed by atoms with E-state index >= 15 is 0 Å². The summed E-state index contributed by atoms with van der Waals surface area (Å²) in [7, 11) is 0. The van der Waals surface area contributed by atoms with Gasteiger partial charge >= 0.3 is 0 Å². The Morgan fingerprint density at radius 2 is 2.10 bits per heavy atom. The molecule has 4 N–H and O–H groups in total. The Morgan fingerprint density at radius 3 is 2.20 bits per heavy atom. The molecule has 0 saturated heterocycles. The zero-order chi connectivity index (χ0) is 8.36. The molecule has 10 heavy (non-hydrogen) atoms. The molecule has 0 amide bonds. The van der Waals surface area contributed by atoms with E-state index in [4.69, 9.17) is 11.5 Å². The van der Waals surface area contributed by atoms with Gasteiger partial charge in [-0.25, -0.2) is 0 Å². The number of nitrogens with two attached hydrogens (primary N) is 2. The van der Waals surface area contributed by atoms with Crippen molar-refractivity contribution in [2.75, 3.05) is 6.54 Å². The molecule has 1 unspecified atom stereocenters. The molecule has 2 nitrogen and oxygen atoms in total. The zero-order valence-corrected chi connectivity index (χ0v) is 8.68. The van der Waals surface area contributed by atoms with E-state index in [0.717, 1.165) is 3.58 Å². The molecule has 1 atom stereocenters. The minimum atomic E-state index is -0.0295. The van der Waals surface area contributed by atoms with Crippen LogP contribution in [0.15, 0.2) is 10.2 Å². The first-order valence-electron chi connectivity index (χ1n) is 3.22. The van der Waals surface area contributed by atoms with Gasteiger partial charge in [0.15, 0.2) is 0 Å². The van der Waals surface area contributed by atoms with E-state index in [1.54, 1.807) is 0 Å². The molecule has 0 heterocycles. The second kappa shape index (κ2) is 3.69. The second-order valence-electron chi connectivity index (χ2n) is 3.12. The maximum Gasteiger partial charge on any atom is 0.0411 e. The maximum atomic E-state index is 5.82. The summed E-state index contributed by atoms with van der Waals surface area (Å²) >= 11 is 2.14. The van der Waals surface area contributed by atoms with Gasteiger partial charge in [-0.15, -0.1) is 0 Å². The largest absolute Gasteiger partial charge is 0.330 e. The summed E-state index contributed by atoms with van der Waals surface area (Å²) in [6, 6.07) is -0.00176. The Bertz CT molecular complexity index is 132. The molecule has 0 bridgehead atoms. The molecule has 0 saturated carbocycles. The highest BCUT2D eigenvalue weighted by Crippen LogP contribution is 2.24. The fraction of sp³-hybridized carbons (Fsp3) is 0.714. The summed E-state index contributed by atoms with van der Waals surface area (Å²) in [5.41, 5.74) is 11.3. The van der Waals surface area contributed by atoms with Crippen LogP contribution < -0.4 is 11.5 Å². The average Bonchev–Trinajstić information content (AvgIpc) is 1.86. The van der Waals surface area contributed by atoms with E-state index in [1.807, 2.05) is 13.8 Å². The van der Waals surface area contributed by atoms with Crippen LogP contribution in [0.2, 0.25) is 0 Å². The molecule has 3 heteroatoms. The quantitative estimate of drug-likeness (QED) is 0.744. The lowest BCUT2D eigenvalue weighted by Crippen LogP contribution is -2.42. The Balaban J connectivity index is 4.17. The highest BCUT2D eigenvalue weighted by molar-refractivity contribution is 14.1. The van der Waals surface area contributed by atoms with E-state index in [1.165, 1.54) is 0 Å². The molecule has 0 radical (unpaired) electrons. The maximum absolute atomic E-state index is 5.82. The molecule has 0 rings (SSSR count). The van der Waals surface area contributed by atoms with Crippen molar-refractivity contribution >= 4 is 22.6 Å². The molecular weight excluding hydrogens is 239 g/mol. The minimum Gasteiger partial charge on any atom is -0.330 e. The summed E-state index contributed by atoms with van der Waals surface area (Å²) in [4.78, 5) is 0. The van der Waals surface area contributed by atoms with Crippen molar-refractivity contribution in [2.45, 2.75) is 19.9 Å². The molecule has 0 aromatic carbocycles.